The Kier molecular flexibility index (Phi) is 4.96. The number of hydrogen-bond donors (Lipinski definition) is 1. The number of nitrogens with one attached hydrogen (secondary N) is 1. The van der Waals surface area contributed by atoms with E-state index in [0.717, 1.165) is 12.1 Å². The quantitative estimate of drug-likeness (QED) is 0.743. The van der Waals surface area contributed by atoms with Crippen LogP contribution in [0.4, 0.5) is 0 Å². The van der Waals surface area contributed by atoms with E-state index in [4.69, 9.17) is 16.0 Å². The fourth-order valence-corrected chi connectivity index (χ4v) is 3.64. The molecule has 3 aromatic rings. The number of aromatic nitrogens is 2. The highest BCUT2D eigenvalue weighted by Gasteiger charge is 2.28. The molecule has 0 spiro atoms. The Morgan fingerprint density at radius 1 is 1.37 bits per heavy atom. The number of oxazole rings is 1. The molecule has 1 aliphatic rings. The van der Waals surface area contributed by atoms with E-state index in [-0.39, 0.29) is 24.9 Å². The van der Waals surface area contributed by atoms with Crippen LogP contribution in [-0.2, 0) is 11.3 Å². The van der Waals surface area contributed by atoms with Crippen molar-refractivity contribution in [1.29, 1.82) is 0 Å². The summed E-state index contributed by atoms with van der Waals surface area (Å²) in [6.45, 7) is 2.31. The van der Waals surface area contributed by atoms with E-state index in [2.05, 4.69) is 10.3 Å². The lowest BCUT2D eigenvalue weighted by atomic mass is 10.0. The maximum atomic E-state index is 12.9. The van der Waals surface area contributed by atoms with Gasteiger partial charge in [-0.15, -0.1) is 0 Å². The third-order valence-corrected chi connectivity index (χ3v) is 5.05. The second-order valence-corrected chi connectivity index (χ2v) is 6.91. The fraction of sp³-hybridized carbons (Fsp3) is 0.316. The van der Waals surface area contributed by atoms with Crippen molar-refractivity contribution in [3.63, 3.8) is 0 Å². The summed E-state index contributed by atoms with van der Waals surface area (Å²) in [4.78, 5) is 31.0. The summed E-state index contributed by atoms with van der Waals surface area (Å²) in [6.07, 6.45) is 3.72. The average molecular weight is 387 g/mol. The van der Waals surface area contributed by atoms with Crippen LogP contribution < -0.4 is 11.1 Å². The first-order valence-corrected chi connectivity index (χ1v) is 9.20. The maximum Gasteiger partial charge on any atom is 0.419 e. The number of hydrogen-bond acceptors (Lipinski definition) is 5. The lowest BCUT2D eigenvalue weighted by Crippen LogP contribution is -2.49. The van der Waals surface area contributed by atoms with Gasteiger partial charge in [0.1, 0.15) is 0 Å². The second kappa shape index (κ2) is 7.54. The highest BCUT2D eigenvalue weighted by molar-refractivity contribution is 6.31. The molecule has 3 heterocycles. The van der Waals surface area contributed by atoms with Gasteiger partial charge in [-0.05, 0) is 23.8 Å². The Hall–Kier alpha value is -2.64. The molecule has 27 heavy (non-hydrogen) atoms. The summed E-state index contributed by atoms with van der Waals surface area (Å²) in [5.41, 5.74) is 2.07. The minimum absolute atomic E-state index is 0.000525. The van der Waals surface area contributed by atoms with E-state index in [0.29, 0.717) is 29.2 Å². The molecule has 8 heteroatoms. The van der Waals surface area contributed by atoms with Gasteiger partial charge in [0, 0.05) is 56.1 Å². The van der Waals surface area contributed by atoms with Crippen LogP contribution in [0.3, 0.4) is 0 Å². The molecule has 1 atom stereocenters. The Morgan fingerprint density at radius 2 is 2.26 bits per heavy atom. The van der Waals surface area contributed by atoms with Crippen LogP contribution in [-0.4, -0.2) is 40.0 Å². The molecule has 1 amide bonds. The van der Waals surface area contributed by atoms with Gasteiger partial charge in [-0.2, -0.15) is 0 Å². The molecule has 4 rings (SSSR count). The summed E-state index contributed by atoms with van der Waals surface area (Å²) in [7, 11) is 0. The van der Waals surface area contributed by atoms with Gasteiger partial charge in [0.15, 0.2) is 5.58 Å². The lowest BCUT2D eigenvalue weighted by molar-refractivity contribution is -0.134. The van der Waals surface area contributed by atoms with Gasteiger partial charge in [-0.1, -0.05) is 17.7 Å². The molecule has 0 saturated carbocycles. The summed E-state index contributed by atoms with van der Waals surface area (Å²) in [5.74, 6) is -0.482. The molecular weight excluding hydrogens is 368 g/mol. The van der Waals surface area contributed by atoms with Crippen molar-refractivity contribution in [1.82, 2.24) is 19.8 Å². The number of rotatable bonds is 4. The SMILES string of the molecule is O=C(CCn1c(=O)oc2cc(Cl)ccc21)N1CCNCC1c1cccnc1. The highest BCUT2D eigenvalue weighted by Crippen LogP contribution is 2.23. The first kappa shape index (κ1) is 17.8. The predicted octanol–water partition coefficient (Wildman–Crippen LogP) is 2.21. The number of carbonyl (C=O) groups excluding carboxylic acids is 1. The zero-order chi connectivity index (χ0) is 18.8. The number of benzene rings is 1. The van der Waals surface area contributed by atoms with Crippen LogP contribution in [0.25, 0.3) is 11.1 Å². The molecule has 1 aromatic carbocycles. The van der Waals surface area contributed by atoms with Gasteiger partial charge in [0.25, 0.3) is 0 Å². The zero-order valence-corrected chi connectivity index (χ0v) is 15.4. The summed E-state index contributed by atoms with van der Waals surface area (Å²) < 4.78 is 6.70. The standard InChI is InChI=1S/C19H19ClN4O3/c20-14-3-4-15-17(10-14)27-19(26)24(15)8-5-18(25)23-9-7-22-12-16(23)13-2-1-6-21-11-13/h1-4,6,10-11,16,22H,5,7-9,12H2. The fourth-order valence-electron chi connectivity index (χ4n) is 3.48. The van der Waals surface area contributed by atoms with Crippen LogP contribution in [0.5, 0.6) is 0 Å². The van der Waals surface area contributed by atoms with Crippen LogP contribution in [0.1, 0.15) is 18.0 Å². The van der Waals surface area contributed by atoms with Crippen LogP contribution in [0.15, 0.2) is 51.9 Å². The molecule has 1 unspecified atom stereocenters. The summed E-state index contributed by atoms with van der Waals surface area (Å²) in [5, 5.41) is 3.82. The van der Waals surface area contributed by atoms with Gasteiger partial charge in [-0.3, -0.25) is 14.3 Å². The van der Waals surface area contributed by atoms with Gasteiger partial charge in [0.05, 0.1) is 11.6 Å². The van der Waals surface area contributed by atoms with E-state index in [1.807, 2.05) is 17.0 Å². The van der Waals surface area contributed by atoms with Crippen molar-refractivity contribution < 1.29 is 9.21 Å². The average Bonchev–Trinajstić information content (AvgIpc) is 3.00. The van der Waals surface area contributed by atoms with Crippen molar-refractivity contribution in [3.8, 4) is 0 Å². The van der Waals surface area contributed by atoms with Crippen LogP contribution in [0, 0.1) is 0 Å². The van der Waals surface area contributed by atoms with Crippen LogP contribution in [0.2, 0.25) is 5.02 Å². The minimum atomic E-state index is -0.482. The Balaban J connectivity index is 1.52. The number of piperazine rings is 1. The third-order valence-electron chi connectivity index (χ3n) is 4.81. The van der Waals surface area contributed by atoms with Crippen LogP contribution >= 0.6 is 11.6 Å². The van der Waals surface area contributed by atoms with E-state index in [1.165, 1.54) is 4.57 Å². The van der Waals surface area contributed by atoms with Gasteiger partial charge < -0.3 is 14.6 Å². The summed E-state index contributed by atoms with van der Waals surface area (Å²) in [6, 6.07) is 8.82. The molecular formula is C19H19ClN4O3. The highest BCUT2D eigenvalue weighted by atomic mass is 35.5. The smallest absolute Gasteiger partial charge is 0.408 e. The number of aryl methyl sites for hydroxylation is 1. The number of halogens is 1. The Morgan fingerprint density at radius 3 is 3.07 bits per heavy atom. The van der Waals surface area contributed by atoms with Crippen molar-refractivity contribution >= 4 is 28.6 Å². The van der Waals surface area contributed by atoms with Crippen molar-refractivity contribution in [2.75, 3.05) is 19.6 Å². The van der Waals surface area contributed by atoms with Gasteiger partial charge >= 0.3 is 5.76 Å². The molecule has 0 bridgehead atoms. The largest absolute Gasteiger partial charge is 0.419 e. The molecule has 0 radical (unpaired) electrons. The first-order chi connectivity index (χ1) is 13.1. The number of amides is 1. The number of fused-ring (bicyclic) bond motifs is 1. The molecule has 140 valence electrons. The Labute approximate surface area is 160 Å². The number of nitrogens with zero attached hydrogens (tertiary/aromatic N) is 3. The monoisotopic (exact) mass is 386 g/mol. The van der Waals surface area contributed by atoms with E-state index in [1.54, 1.807) is 30.6 Å². The second-order valence-electron chi connectivity index (χ2n) is 6.48. The van der Waals surface area contributed by atoms with Crippen molar-refractivity contribution in [3.05, 3.63) is 63.9 Å². The summed E-state index contributed by atoms with van der Waals surface area (Å²) >= 11 is 5.94. The van der Waals surface area contributed by atoms with Gasteiger partial charge in [-0.25, -0.2) is 4.79 Å². The van der Waals surface area contributed by atoms with Gasteiger partial charge in [0.2, 0.25) is 5.91 Å². The lowest BCUT2D eigenvalue weighted by Gasteiger charge is -2.36. The molecule has 0 aliphatic carbocycles. The minimum Gasteiger partial charge on any atom is -0.408 e. The van der Waals surface area contributed by atoms with Crippen molar-refractivity contribution in [2.24, 2.45) is 0 Å². The molecule has 1 N–H and O–H groups in total. The molecule has 1 aliphatic heterocycles. The molecule has 7 nitrogen and oxygen atoms in total. The Bertz CT molecular complexity index is 1010. The predicted molar refractivity (Wildman–Crippen MR) is 102 cm³/mol. The first-order valence-electron chi connectivity index (χ1n) is 8.82. The van der Waals surface area contributed by atoms with E-state index >= 15 is 0 Å². The van der Waals surface area contributed by atoms with Crippen molar-refractivity contribution in [2.45, 2.75) is 19.0 Å². The normalized spacial score (nSPS) is 17.4. The van der Waals surface area contributed by atoms with E-state index < -0.39 is 5.76 Å². The topological polar surface area (TPSA) is 80.4 Å². The number of pyridine rings is 1. The molecule has 1 saturated heterocycles. The molecule has 1 fully saturated rings. The maximum absolute atomic E-state index is 12.9. The van der Waals surface area contributed by atoms with E-state index in [9.17, 15) is 9.59 Å². The third kappa shape index (κ3) is 3.61. The molecule has 2 aromatic heterocycles. The number of carbonyl (C=O) groups is 1. The zero-order valence-electron chi connectivity index (χ0n) is 14.6.